The first-order chi connectivity index (χ1) is 11.2. The molecule has 1 heterocycles. The van der Waals surface area contributed by atoms with E-state index >= 15 is 0 Å². The summed E-state index contributed by atoms with van der Waals surface area (Å²) in [5.41, 5.74) is 1.11. The zero-order valence-electron chi connectivity index (χ0n) is 13.5. The van der Waals surface area contributed by atoms with Gasteiger partial charge in [-0.2, -0.15) is 5.10 Å². The highest BCUT2D eigenvalue weighted by Gasteiger charge is 2.18. The van der Waals surface area contributed by atoms with E-state index in [9.17, 15) is 9.90 Å². The molecule has 0 fully saturated rings. The van der Waals surface area contributed by atoms with Crippen LogP contribution < -0.4 is 10.1 Å². The average Bonchev–Trinajstić information content (AvgIpc) is 3.00. The molecule has 0 bridgehead atoms. The molecule has 6 heteroatoms. The number of carbonyl (C=O) groups excluding carboxylic acids is 1. The molecule has 0 saturated heterocycles. The monoisotopic (exact) mass is 317 g/mol. The molecular formula is C17H23N3O3. The fraction of sp³-hybridized carbons (Fsp3) is 0.412. The summed E-state index contributed by atoms with van der Waals surface area (Å²) in [6, 6.07) is 9.54. The fourth-order valence-corrected chi connectivity index (χ4v) is 2.13. The van der Waals surface area contributed by atoms with E-state index in [1.807, 2.05) is 44.2 Å². The van der Waals surface area contributed by atoms with Gasteiger partial charge in [0, 0.05) is 6.54 Å². The van der Waals surface area contributed by atoms with Crippen molar-refractivity contribution in [1.29, 1.82) is 0 Å². The summed E-state index contributed by atoms with van der Waals surface area (Å²) >= 11 is 0. The Balaban J connectivity index is 2.13. The van der Waals surface area contributed by atoms with Crippen LogP contribution in [0.4, 0.5) is 0 Å². The fourth-order valence-electron chi connectivity index (χ4n) is 2.13. The second-order valence-corrected chi connectivity index (χ2v) is 5.16. The highest BCUT2D eigenvalue weighted by Crippen LogP contribution is 2.20. The molecule has 1 unspecified atom stereocenters. The molecule has 1 aromatic carbocycles. The number of benzene rings is 1. The van der Waals surface area contributed by atoms with Gasteiger partial charge in [-0.25, -0.2) is 4.68 Å². The maximum Gasteiger partial charge on any atom is 0.275 e. The summed E-state index contributed by atoms with van der Waals surface area (Å²) in [5, 5.41) is 16.6. The van der Waals surface area contributed by atoms with Crippen LogP contribution in [0.2, 0.25) is 0 Å². The Morgan fingerprint density at radius 1 is 1.35 bits per heavy atom. The largest absolute Gasteiger partial charge is 0.490 e. The number of para-hydroxylation sites is 1. The van der Waals surface area contributed by atoms with Gasteiger partial charge >= 0.3 is 0 Å². The summed E-state index contributed by atoms with van der Waals surface area (Å²) in [5.74, 6) is 0.149. The van der Waals surface area contributed by atoms with Crippen molar-refractivity contribution in [2.75, 3.05) is 13.2 Å². The van der Waals surface area contributed by atoms with Crippen LogP contribution in [0, 0.1) is 0 Å². The maximum absolute atomic E-state index is 12.3. The summed E-state index contributed by atoms with van der Waals surface area (Å²) in [4.78, 5) is 12.3. The molecular weight excluding hydrogens is 294 g/mol. The number of aromatic nitrogens is 2. The predicted molar refractivity (Wildman–Crippen MR) is 88.0 cm³/mol. The van der Waals surface area contributed by atoms with Crippen molar-refractivity contribution in [2.24, 2.45) is 0 Å². The highest BCUT2D eigenvalue weighted by atomic mass is 16.5. The van der Waals surface area contributed by atoms with Crippen molar-refractivity contribution in [2.45, 2.75) is 32.8 Å². The number of ether oxygens (including phenoxy) is 1. The van der Waals surface area contributed by atoms with Crippen LogP contribution >= 0.6 is 0 Å². The first-order valence-corrected chi connectivity index (χ1v) is 7.89. The van der Waals surface area contributed by atoms with Crippen LogP contribution in [0.15, 0.2) is 36.5 Å². The molecule has 124 valence electrons. The van der Waals surface area contributed by atoms with E-state index in [2.05, 4.69) is 10.4 Å². The number of amides is 1. The van der Waals surface area contributed by atoms with E-state index < -0.39 is 6.10 Å². The van der Waals surface area contributed by atoms with Gasteiger partial charge in [0.15, 0.2) is 11.4 Å². The number of nitrogens with one attached hydrogen (secondary N) is 1. The van der Waals surface area contributed by atoms with Gasteiger partial charge in [-0.1, -0.05) is 25.1 Å². The Bertz CT molecular complexity index is 625. The SMILES string of the molecule is CCOc1cn(-c2ccccc2)nc1C(=O)NCCC(O)CC. The van der Waals surface area contributed by atoms with E-state index in [1.54, 1.807) is 10.9 Å². The second kappa shape index (κ2) is 8.33. The third-order valence-corrected chi connectivity index (χ3v) is 3.45. The maximum atomic E-state index is 12.3. The van der Waals surface area contributed by atoms with Crippen molar-refractivity contribution in [3.05, 3.63) is 42.2 Å². The van der Waals surface area contributed by atoms with Crippen molar-refractivity contribution in [3.8, 4) is 11.4 Å². The van der Waals surface area contributed by atoms with Gasteiger partial charge in [-0.3, -0.25) is 4.79 Å². The molecule has 0 aliphatic heterocycles. The molecule has 1 amide bonds. The first-order valence-electron chi connectivity index (χ1n) is 7.89. The Hall–Kier alpha value is -2.34. The Kier molecular flexibility index (Phi) is 6.17. The first kappa shape index (κ1) is 17.0. The summed E-state index contributed by atoms with van der Waals surface area (Å²) < 4.78 is 7.14. The number of rotatable bonds is 8. The quantitative estimate of drug-likeness (QED) is 0.782. The van der Waals surface area contributed by atoms with Crippen LogP contribution in [-0.2, 0) is 0 Å². The number of carbonyl (C=O) groups is 1. The van der Waals surface area contributed by atoms with Crippen molar-refractivity contribution in [3.63, 3.8) is 0 Å². The van der Waals surface area contributed by atoms with E-state index in [0.29, 0.717) is 31.7 Å². The molecule has 0 radical (unpaired) electrons. The minimum Gasteiger partial charge on any atom is -0.490 e. The van der Waals surface area contributed by atoms with Crippen molar-refractivity contribution >= 4 is 5.91 Å². The van der Waals surface area contributed by atoms with Gasteiger partial charge in [-0.05, 0) is 31.9 Å². The standard InChI is InChI=1S/C17H23N3O3/c1-3-14(21)10-11-18-17(22)16-15(23-4-2)12-20(19-16)13-8-6-5-7-9-13/h5-9,12,14,21H,3-4,10-11H2,1-2H3,(H,18,22). The number of hydrogen-bond acceptors (Lipinski definition) is 4. The molecule has 0 spiro atoms. The van der Waals surface area contributed by atoms with E-state index in [4.69, 9.17) is 4.74 Å². The van der Waals surface area contributed by atoms with Crippen LogP contribution in [0.5, 0.6) is 5.75 Å². The van der Waals surface area contributed by atoms with Crippen LogP contribution in [0.3, 0.4) is 0 Å². The van der Waals surface area contributed by atoms with E-state index in [1.165, 1.54) is 0 Å². The molecule has 2 aromatic rings. The summed E-state index contributed by atoms with van der Waals surface area (Å²) in [7, 11) is 0. The number of aliphatic hydroxyl groups excluding tert-OH is 1. The highest BCUT2D eigenvalue weighted by molar-refractivity contribution is 5.94. The lowest BCUT2D eigenvalue weighted by atomic mass is 10.2. The van der Waals surface area contributed by atoms with Crippen molar-refractivity contribution in [1.82, 2.24) is 15.1 Å². The average molecular weight is 317 g/mol. The molecule has 0 aliphatic rings. The normalized spacial score (nSPS) is 12.0. The lowest BCUT2D eigenvalue weighted by Gasteiger charge is -2.08. The van der Waals surface area contributed by atoms with Gasteiger partial charge in [0.2, 0.25) is 0 Å². The van der Waals surface area contributed by atoms with E-state index in [-0.39, 0.29) is 11.6 Å². The minimum absolute atomic E-state index is 0.252. The van der Waals surface area contributed by atoms with Gasteiger partial charge in [-0.15, -0.1) is 0 Å². The lowest BCUT2D eigenvalue weighted by Crippen LogP contribution is -2.27. The van der Waals surface area contributed by atoms with Crippen LogP contribution in [0.25, 0.3) is 5.69 Å². The second-order valence-electron chi connectivity index (χ2n) is 5.16. The lowest BCUT2D eigenvalue weighted by molar-refractivity contribution is 0.0933. The van der Waals surface area contributed by atoms with Gasteiger partial charge in [0.05, 0.1) is 24.6 Å². The molecule has 2 rings (SSSR count). The number of hydrogen-bond donors (Lipinski definition) is 2. The predicted octanol–water partition coefficient (Wildman–Crippen LogP) is 2.16. The zero-order chi connectivity index (χ0) is 16.7. The minimum atomic E-state index is -0.400. The van der Waals surface area contributed by atoms with Crippen LogP contribution in [0.1, 0.15) is 37.2 Å². The van der Waals surface area contributed by atoms with Crippen LogP contribution in [-0.4, -0.2) is 40.0 Å². The van der Waals surface area contributed by atoms with Crippen molar-refractivity contribution < 1.29 is 14.6 Å². The smallest absolute Gasteiger partial charge is 0.275 e. The van der Waals surface area contributed by atoms with Gasteiger partial charge < -0.3 is 15.2 Å². The summed E-state index contributed by atoms with van der Waals surface area (Å²) in [6.07, 6.45) is 2.49. The zero-order valence-corrected chi connectivity index (χ0v) is 13.5. The van der Waals surface area contributed by atoms with E-state index in [0.717, 1.165) is 5.69 Å². The number of aliphatic hydroxyl groups is 1. The third kappa shape index (κ3) is 4.56. The molecule has 1 atom stereocenters. The molecule has 6 nitrogen and oxygen atoms in total. The molecule has 0 saturated carbocycles. The molecule has 23 heavy (non-hydrogen) atoms. The Morgan fingerprint density at radius 2 is 2.09 bits per heavy atom. The molecule has 1 aromatic heterocycles. The molecule has 2 N–H and O–H groups in total. The number of nitrogens with zero attached hydrogens (tertiary/aromatic N) is 2. The van der Waals surface area contributed by atoms with Gasteiger partial charge in [0.1, 0.15) is 0 Å². The third-order valence-electron chi connectivity index (χ3n) is 3.45. The Labute approximate surface area is 136 Å². The van der Waals surface area contributed by atoms with Gasteiger partial charge in [0.25, 0.3) is 5.91 Å². The molecule has 0 aliphatic carbocycles. The summed E-state index contributed by atoms with van der Waals surface area (Å²) in [6.45, 7) is 4.62. The Morgan fingerprint density at radius 3 is 2.74 bits per heavy atom. The topological polar surface area (TPSA) is 76.4 Å².